The molecule has 2 aromatic rings. The van der Waals surface area contributed by atoms with Crippen LogP contribution in [0.3, 0.4) is 0 Å². The topological polar surface area (TPSA) is 35.8 Å². The van der Waals surface area contributed by atoms with Crippen molar-refractivity contribution in [1.82, 2.24) is 5.32 Å². The average molecular weight is 396 g/mol. The van der Waals surface area contributed by atoms with E-state index < -0.39 is 12.7 Å². The van der Waals surface area contributed by atoms with Crippen molar-refractivity contribution >= 4 is 5.57 Å². The van der Waals surface area contributed by atoms with Crippen LogP contribution in [0.2, 0.25) is 0 Å². The summed E-state index contributed by atoms with van der Waals surface area (Å²) in [6.45, 7) is 3.48. The molecule has 0 atom stereocenters. The van der Waals surface area contributed by atoms with E-state index in [0.29, 0.717) is 5.56 Å². The van der Waals surface area contributed by atoms with Crippen molar-refractivity contribution in [3.8, 4) is 17.2 Å². The van der Waals surface area contributed by atoms with Gasteiger partial charge in [-0.05, 0) is 83.5 Å². The van der Waals surface area contributed by atoms with Gasteiger partial charge in [0.05, 0.1) is 18.2 Å². The molecule has 2 aliphatic rings. The minimum Gasteiger partial charge on any atom is -0.306 e. The predicted molar refractivity (Wildman–Crippen MR) is 108 cm³/mol. The zero-order valence-corrected chi connectivity index (χ0v) is 16.1. The van der Waals surface area contributed by atoms with Crippen molar-refractivity contribution in [2.24, 2.45) is 5.41 Å². The van der Waals surface area contributed by atoms with Crippen LogP contribution in [0.25, 0.3) is 16.7 Å². The molecule has 4 rings (SSSR count). The van der Waals surface area contributed by atoms with Gasteiger partial charge < -0.3 is 5.32 Å². The van der Waals surface area contributed by atoms with Gasteiger partial charge in [0, 0.05) is 6.04 Å². The lowest BCUT2D eigenvalue weighted by Crippen LogP contribution is -2.41. The van der Waals surface area contributed by atoms with Gasteiger partial charge in [0.1, 0.15) is 0 Å². The molecule has 0 heterocycles. The van der Waals surface area contributed by atoms with Gasteiger partial charge in [-0.25, -0.2) is 0 Å². The smallest absolute Gasteiger partial charge is 0.306 e. The number of nitrogens with one attached hydrogen (secondary N) is 1. The Labute approximate surface area is 169 Å². The molecule has 2 aliphatic carbocycles. The number of halogens is 3. The molecule has 0 aliphatic heterocycles. The molecule has 1 saturated carbocycles. The summed E-state index contributed by atoms with van der Waals surface area (Å²) in [5, 5.41) is 11.8. The summed E-state index contributed by atoms with van der Waals surface area (Å²) in [7, 11) is 0. The number of benzene rings is 2. The first-order valence-corrected chi connectivity index (χ1v) is 9.93. The minimum atomic E-state index is -4.17. The van der Waals surface area contributed by atoms with E-state index in [1.54, 1.807) is 6.07 Å². The quantitative estimate of drug-likeness (QED) is 0.704. The molecule has 0 unspecified atom stereocenters. The van der Waals surface area contributed by atoms with E-state index in [-0.39, 0.29) is 11.5 Å². The standard InChI is InChI=1S/C24H23F3N2/c1-16-22-12-19(18-4-2-3-17(11-18)14-28)5-6-20(22)13-23(16)9-7-21(8-10-23)29-15-24(25,26)27/h2-6,11-12,21,29H,1,7-10,13,15H2. The van der Waals surface area contributed by atoms with Crippen LogP contribution in [-0.4, -0.2) is 18.8 Å². The monoisotopic (exact) mass is 396 g/mol. The summed E-state index contributed by atoms with van der Waals surface area (Å²) in [6.07, 6.45) is -0.0713. The Morgan fingerprint density at radius 3 is 2.52 bits per heavy atom. The van der Waals surface area contributed by atoms with Crippen molar-refractivity contribution in [2.45, 2.75) is 44.3 Å². The normalized spacial score (nSPS) is 23.8. The summed E-state index contributed by atoms with van der Waals surface area (Å²) in [5.41, 5.74) is 6.18. The lowest BCUT2D eigenvalue weighted by molar-refractivity contribution is -0.126. The lowest BCUT2D eigenvalue weighted by Gasteiger charge is -2.38. The molecule has 2 nitrogen and oxygen atoms in total. The fourth-order valence-electron chi connectivity index (χ4n) is 4.83. The van der Waals surface area contributed by atoms with E-state index in [0.717, 1.165) is 54.4 Å². The molecule has 0 aromatic heterocycles. The zero-order valence-electron chi connectivity index (χ0n) is 16.1. The van der Waals surface area contributed by atoms with Crippen molar-refractivity contribution in [3.05, 3.63) is 65.7 Å². The molecule has 0 bridgehead atoms. The predicted octanol–water partition coefficient (Wildman–Crippen LogP) is 5.88. The van der Waals surface area contributed by atoms with Crippen LogP contribution in [0.15, 0.2) is 49.0 Å². The molecular formula is C24H23F3N2. The highest BCUT2D eigenvalue weighted by molar-refractivity contribution is 5.80. The zero-order chi connectivity index (χ0) is 20.6. The van der Waals surface area contributed by atoms with Gasteiger partial charge >= 0.3 is 6.18 Å². The van der Waals surface area contributed by atoms with Gasteiger partial charge in [-0.2, -0.15) is 18.4 Å². The lowest BCUT2D eigenvalue weighted by atomic mass is 9.68. The first kappa shape index (κ1) is 19.7. The molecule has 2 aromatic carbocycles. The number of hydrogen-bond acceptors (Lipinski definition) is 2. The Kier molecular flexibility index (Phi) is 5.00. The van der Waals surface area contributed by atoms with Gasteiger partial charge in [0.25, 0.3) is 0 Å². The Hall–Kier alpha value is -2.58. The van der Waals surface area contributed by atoms with Crippen LogP contribution >= 0.6 is 0 Å². The van der Waals surface area contributed by atoms with Gasteiger partial charge in [0.15, 0.2) is 0 Å². The maximum absolute atomic E-state index is 12.5. The van der Waals surface area contributed by atoms with Gasteiger partial charge in [0.2, 0.25) is 0 Å². The first-order valence-electron chi connectivity index (χ1n) is 9.93. The fraction of sp³-hybridized carbons (Fsp3) is 0.375. The molecule has 29 heavy (non-hydrogen) atoms. The summed E-state index contributed by atoms with van der Waals surface area (Å²) < 4.78 is 37.4. The Balaban J connectivity index is 1.50. The second-order valence-corrected chi connectivity index (χ2v) is 8.27. The second kappa shape index (κ2) is 7.35. The van der Waals surface area contributed by atoms with Crippen molar-refractivity contribution in [3.63, 3.8) is 0 Å². The molecular weight excluding hydrogens is 373 g/mol. The number of fused-ring (bicyclic) bond motifs is 1. The van der Waals surface area contributed by atoms with E-state index in [9.17, 15) is 13.2 Å². The van der Waals surface area contributed by atoms with Crippen LogP contribution in [0.5, 0.6) is 0 Å². The number of nitrogens with zero attached hydrogens (tertiary/aromatic N) is 1. The van der Waals surface area contributed by atoms with E-state index in [2.05, 4.69) is 36.2 Å². The molecule has 150 valence electrons. The highest BCUT2D eigenvalue weighted by Crippen LogP contribution is 2.54. The summed E-state index contributed by atoms with van der Waals surface area (Å²) in [6, 6.07) is 16.0. The average Bonchev–Trinajstić information content (AvgIpc) is 2.98. The van der Waals surface area contributed by atoms with Gasteiger partial charge in [-0.3, -0.25) is 0 Å². The summed E-state index contributed by atoms with van der Waals surface area (Å²) in [4.78, 5) is 0. The SMILES string of the molecule is C=C1c2cc(-c3cccc(C#N)c3)ccc2CC12CCC(NCC(F)(F)F)CC2. The van der Waals surface area contributed by atoms with Crippen LogP contribution in [0.1, 0.15) is 42.4 Å². The molecule has 0 amide bonds. The Bertz CT molecular complexity index is 976. The van der Waals surface area contributed by atoms with E-state index in [4.69, 9.17) is 5.26 Å². The highest BCUT2D eigenvalue weighted by atomic mass is 19.4. The summed E-state index contributed by atoms with van der Waals surface area (Å²) in [5.74, 6) is 0. The van der Waals surface area contributed by atoms with Crippen LogP contribution in [0.4, 0.5) is 13.2 Å². The van der Waals surface area contributed by atoms with Crippen LogP contribution in [-0.2, 0) is 6.42 Å². The molecule has 1 fully saturated rings. The highest BCUT2D eigenvalue weighted by Gasteiger charge is 2.43. The number of alkyl halides is 3. The van der Waals surface area contributed by atoms with Gasteiger partial charge in [-0.15, -0.1) is 0 Å². The second-order valence-electron chi connectivity index (χ2n) is 8.27. The molecule has 5 heteroatoms. The third-order valence-electron chi connectivity index (χ3n) is 6.46. The molecule has 1 N–H and O–H groups in total. The summed E-state index contributed by atoms with van der Waals surface area (Å²) >= 11 is 0. The molecule has 1 spiro atoms. The Morgan fingerprint density at radius 2 is 1.83 bits per heavy atom. The third kappa shape index (κ3) is 3.95. The third-order valence-corrected chi connectivity index (χ3v) is 6.46. The maximum atomic E-state index is 12.5. The van der Waals surface area contributed by atoms with Crippen molar-refractivity contribution in [2.75, 3.05) is 6.54 Å². The van der Waals surface area contributed by atoms with E-state index >= 15 is 0 Å². The van der Waals surface area contributed by atoms with Crippen LogP contribution in [0, 0.1) is 16.7 Å². The number of nitriles is 1. The number of hydrogen-bond donors (Lipinski definition) is 1. The van der Waals surface area contributed by atoms with Crippen LogP contribution < -0.4 is 5.32 Å². The van der Waals surface area contributed by atoms with Crippen molar-refractivity contribution in [1.29, 1.82) is 5.26 Å². The number of allylic oxidation sites excluding steroid dienone is 1. The van der Waals surface area contributed by atoms with Gasteiger partial charge in [-0.1, -0.05) is 30.8 Å². The largest absolute Gasteiger partial charge is 0.401 e. The van der Waals surface area contributed by atoms with E-state index in [1.165, 1.54) is 5.56 Å². The van der Waals surface area contributed by atoms with Crippen molar-refractivity contribution < 1.29 is 13.2 Å². The minimum absolute atomic E-state index is 0.0358. The Morgan fingerprint density at radius 1 is 1.10 bits per heavy atom. The molecule has 0 radical (unpaired) electrons. The maximum Gasteiger partial charge on any atom is 0.401 e. The van der Waals surface area contributed by atoms with E-state index in [1.807, 2.05) is 18.2 Å². The first-order chi connectivity index (χ1) is 13.8. The molecule has 0 saturated heterocycles. The fourth-order valence-corrected chi connectivity index (χ4v) is 4.83. The number of rotatable bonds is 3.